The Bertz CT molecular complexity index is 642. The Kier molecular flexibility index (Phi) is 8.15. The van der Waals surface area contributed by atoms with Gasteiger partial charge in [0.1, 0.15) is 0 Å². The van der Waals surface area contributed by atoms with Gasteiger partial charge in [-0.05, 0) is 51.3 Å². The highest BCUT2D eigenvalue weighted by molar-refractivity contribution is 5.86. The van der Waals surface area contributed by atoms with Gasteiger partial charge in [-0.1, -0.05) is 31.4 Å². The number of carbonyl (C=O) groups is 1. The molecular formula is C22H37N5O. The van der Waals surface area contributed by atoms with Gasteiger partial charge in [-0.3, -0.25) is 9.79 Å². The first-order valence-corrected chi connectivity index (χ1v) is 10.4. The fourth-order valence-corrected chi connectivity index (χ4v) is 3.56. The van der Waals surface area contributed by atoms with Gasteiger partial charge < -0.3 is 20.9 Å². The molecule has 0 radical (unpaired) electrons. The zero-order valence-electron chi connectivity index (χ0n) is 18.1. The van der Waals surface area contributed by atoms with E-state index in [4.69, 9.17) is 0 Å². The standard InChI is InChI=1S/C22H37N5O/c1-22(2,3)26-20(28)16-25-21(23-4)24-15-17-11-13-19(14-12-17)27(5)18-9-7-6-8-10-18/h11-14,18H,6-10,15-16H2,1-5H3,(H,26,28)(H2,23,24,25). The second kappa shape index (κ2) is 10.3. The zero-order valence-corrected chi connectivity index (χ0v) is 18.1. The average molecular weight is 388 g/mol. The van der Waals surface area contributed by atoms with Crippen LogP contribution in [0.2, 0.25) is 0 Å². The first kappa shape index (κ1) is 22.1. The van der Waals surface area contributed by atoms with Crippen molar-refractivity contribution in [1.29, 1.82) is 0 Å². The van der Waals surface area contributed by atoms with Gasteiger partial charge in [0, 0.05) is 37.9 Å². The minimum absolute atomic E-state index is 0.0504. The summed E-state index contributed by atoms with van der Waals surface area (Å²) >= 11 is 0. The summed E-state index contributed by atoms with van der Waals surface area (Å²) in [6, 6.07) is 9.36. The van der Waals surface area contributed by atoms with Crippen molar-refractivity contribution in [3.05, 3.63) is 29.8 Å². The van der Waals surface area contributed by atoms with Gasteiger partial charge in [-0.2, -0.15) is 0 Å². The molecule has 0 atom stereocenters. The number of nitrogens with one attached hydrogen (secondary N) is 3. The van der Waals surface area contributed by atoms with Crippen molar-refractivity contribution in [3.63, 3.8) is 0 Å². The Labute approximate surface area is 170 Å². The molecule has 2 rings (SSSR count). The van der Waals surface area contributed by atoms with E-state index in [1.165, 1.54) is 43.4 Å². The predicted octanol–water partition coefficient (Wildman–Crippen LogP) is 3.04. The van der Waals surface area contributed by atoms with Crippen LogP contribution in [0.5, 0.6) is 0 Å². The number of hydrogen-bond acceptors (Lipinski definition) is 3. The molecule has 1 aliphatic rings. The minimum atomic E-state index is -0.234. The Morgan fingerprint density at radius 2 is 1.75 bits per heavy atom. The number of hydrogen-bond donors (Lipinski definition) is 3. The number of nitrogens with zero attached hydrogens (tertiary/aromatic N) is 2. The van der Waals surface area contributed by atoms with Crippen LogP contribution in [0.3, 0.4) is 0 Å². The van der Waals surface area contributed by atoms with Crippen LogP contribution in [0.1, 0.15) is 58.4 Å². The van der Waals surface area contributed by atoms with Gasteiger partial charge in [-0.15, -0.1) is 0 Å². The van der Waals surface area contributed by atoms with Gasteiger partial charge in [0.25, 0.3) is 0 Å². The fraction of sp³-hybridized carbons (Fsp3) is 0.636. The van der Waals surface area contributed by atoms with E-state index in [9.17, 15) is 4.79 Å². The summed E-state index contributed by atoms with van der Waals surface area (Å²) in [5, 5.41) is 9.24. The predicted molar refractivity (Wildman–Crippen MR) is 118 cm³/mol. The van der Waals surface area contributed by atoms with E-state index in [1.807, 2.05) is 20.8 Å². The molecule has 0 saturated heterocycles. The third-order valence-corrected chi connectivity index (χ3v) is 5.08. The fourth-order valence-electron chi connectivity index (χ4n) is 3.56. The molecule has 1 aromatic rings. The van der Waals surface area contributed by atoms with Crippen molar-refractivity contribution < 1.29 is 4.79 Å². The van der Waals surface area contributed by atoms with Crippen LogP contribution in [-0.4, -0.2) is 44.1 Å². The van der Waals surface area contributed by atoms with Crippen LogP contribution < -0.4 is 20.9 Å². The maximum atomic E-state index is 11.9. The summed E-state index contributed by atoms with van der Waals surface area (Å²) in [5.74, 6) is 0.568. The van der Waals surface area contributed by atoms with Crippen molar-refractivity contribution in [2.45, 2.75) is 71.0 Å². The van der Waals surface area contributed by atoms with Crippen LogP contribution in [-0.2, 0) is 11.3 Å². The summed E-state index contributed by atoms with van der Waals surface area (Å²) in [4.78, 5) is 18.5. The molecule has 0 spiro atoms. The molecule has 0 bridgehead atoms. The summed E-state index contributed by atoms with van der Waals surface area (Å²) in [6.07, 6.45) is 6.66. The van der Waals surface area contributed by atoms with Crippen molar-refractivity contribution in [3.8, 4) is 0 Å². The van der Waals surface area contributed by atoms with E-state index in [-0.39, 0.29) is 18.0 Å². The summed E-state index contributed by atoms with van der Waals surface area (Å²) in [5.41, 5.74) is 2.22. The lowest BCUT2D eigenvalue weighted by Gasteiger charge is -2.33. The maximum Gasteiger partial charge on any atom is 0.239 e. The van der Waals surface area contributed by atoms with Crippen molar-refractivity contribution in [2.75, 3.05) is 25.5 Å². The third-order valence-electron chi connectivity index (χ3n) is 5.08. The van der Waals surface area contributed by atoms with Crippen LogP contribution in [0, 0.1) is 0 Å². The molecule has 0 heterocycles. The first-order valence-electron chi connectivity index (χ1n) is 10.4. The number of carbonyl (C=O) groups excluding carboxylic acids is 1. The quantitative estimate of drug-likeness (QED) is 0.518. The SMILES string of the molecule is CN=C(NCC(=O)NC(C)(C)C)NCc1ccc(N(C)C2CCCCC2)cc1. The number of aliphatic imine (C=N–C) groups is 1. The molecule has 0 aromatic heterocycles. The number of anilines is 1. The maximum absolute atomic E-state index is 11.9. The normalized spacial score (nSPS) is 15.8. The van der Waals surface area contributed by atoms with E-state index < -0.39 is 0 Å². The highest BCUT2D eigenvalue weighted by atomic mass is 16.2. The Morgan fingerprint density at radius 3 is 2.32 bits per heavy atom. The Morgan fingerprint density at radius 1 is 1.11 bits per heavy atom. The molecule has 6 heteroatoms. The van der Waals surface area contributed by atoms with Gasteiger partial charge in [-0.25, -0.2) is 0 Å². The molecule has 1 saturated carbocycles. The van der Waals surface area contributed by atoms with Gasteiger partial charge in [0.15, 0.2) is 5.96 Å². The summed E-state index contributed by atoms with van der Waals surface area (Å²) in [6.45, 7) is 6.75. The molecule has 0 aliphatic heterocycles. The molecule has 1 fully saturated rings. The molecule has 1 aromatic carbocycles. The largest absolute Gasteiger partial charge is 0.372 e. The van der Waals surface area contributed by atoms with Gasteiger partial charge >= 0.3 is 0 Å². The molecule has 1 aliphatic carbocycles. The lowest BCUT2D eigenvalue weighted by molar-refractivity contribution is -0.121. The lowest BCUT2D eigenvalue weighted by atomic mass is 9.94. The number of rotatable bonds is 6. The van der Waals surface area contributed by atoms with Gasteiger partial charge in [0.05, 0.1) is 6.54 Å². The highest BCUT2D eigenvalue weighted by Gasteiger charge is 2.18. The van der Waals surface area contributed by atoms with Crippen LogP contribution in [0.15, 0.2) is 29.3 Å². The average Bonchev–Trinajstić information content (AvgIpc) is 2.67. The van der Waals surface area contributed by atoms with E-state index in [2.05, 4.69) is 57.2 Å². The monoisotopic (exact) mass is 387 g/mol. The van der Waals surface area contributed by atoms with E-state index in [1.54, 1.807) is 7.05 Å². The Balaban J connectivity index is 1.80. The van der Waals surface area contributed by atoms with E-state index in [0.29, 0.717) is 18.5 Å². The first-order chi connectivity index (χ1) is 13.3. The molecule has 156 valence electrons. The second-order valence-corrected chi connectivity index (χ2v) is 8.65. The van der Waals surface area contributed by atoms with E-state index in [0.717, 1.165) is 0 Å². The number of guanidine groups is 1. The summed E-state index contributed by atoms with van der Waals surface area (Å²) in [7, 11) is 3.91. The Hall–Kier alpha value is -2.24. The van der Waals surface area contributed by atoms with Crippen LogP contribution in [0.4, 0.5) is 5.69 Å². The smallest absolute Gasteiger partial charge is 0.239 e. The highest BCUT2D eigenvalue weighted by Crippen LogP contribution is 2.26. The molecule has 1 amide bonds. The van der Waals surface area contributed by atoms with Crippen LogP contribution >= 0.6 is 0 Å². The second-order valence-electron chi connectivity index (χ2n) is 8.65. The third kappa shape index (κ3) is 7.41. The number of benzene rings is 1. The van der Waals surface area contributed by atoms with Crippen molar-refractivity contribution >= 4 is 17.6 Å². The number of amides is 1. The molecule has 0 unspecified atom stereocenters. The molecule has 3 N–H and O–H groups in total. The van der Waals surface area contributed by atoms with Crippen molar-refractivity contribution in [1.82, 2.24) is 16.0 Å². The lowest BCUT2D eigenvalue weighted by Crippen LogP contribution is -2.48. The van der Waals surface area contributed by atoms with Gasteiger partial charge in [0.2, 0.25) is 5.91 Å². The molecule has 6 nitrogen and oxygen atoms in total. The minimum Gasteiger partial charge on any atom is -0.372 e. The summed E-state index contributed by atoms with van der Waals surface area (Å²) < 4.78 is 0. The zero-order chi connectivity index (χ0) is 20.6. The van der Waals surface area contributed by atoms with E-state index >= 15 is 0 Å². The topological polar surface area (TPSA) is 68.8 Å². The molecular weight excluding hydrogens is 350 g/mol. The molecule has 28 heavy (non-hydrogen) atoms. The van der Waals surface area contributed by atoms with Crippen molar-refractivity contribution in [2.24, 2.45) is 4.99 Å². The van der Waals surface area contributed by atoms with Crippen LogP contribution in [0.25, 0.3) is 0 Å².